The second-order valence-corrected chi connectivity index (χ2v) is 6.90. The zero-order valence-electron chi connectivity index (χ0n) is 12.4. The van der Waals surface area contributed by atoms with E-state index in [2.05, 4.69) is 20.3 Å². The van der Waals surface area contributed by atoms with Gasteiger partial charge in [0.15, 0.2) is 5.96 Å². The Morgan fingerprint density at radius 3 is 2.48 bits per heavy atom. The Bertz CT molecular complexity index is 592. The molecule has 0 saturated heterocycles. The summed E-state index contributed by atoms with van der Waals surface area (Å²) < 4.78 is 26.7. The minimum atomic E-state index is -3.44. The standard InChI is InChI=1S/C14H22N4O2S/c1-11-3-7-13(8-4-11)21(19,20)17-10-9-16-14(15-2)18-12-5-6-12/h3-4,7-8,12,17H,5-6,9-10H2,1-2H3,(H2,15,16,18). The third-order valence-electron chi connectivity index (χ3n) is 3.18. The van der Waals surface area contributed by atoms with Gasteiger partial charge < -0.3 is 10.6 Å². The molecule has 1 aromatic carbocycles. The highest BCUT2D eigenvalue weighted by Gasteiger charge is 2.22. The predicted octanol–water partition coefficient (Wildman–Crippen LogP) is 0.601. The Hall–Kier alpha value is -1.60. The van der Waals surface area contributed by atoms with Crippen LogP contribution in [-0.4, -0.2) is 40.6 Å². The van der Waals surface area contributed by atoms with Crippen LogP contribution < -0.4 is 15.4 Å². The van der Waals surface area contributed by atoms with Crippen molar-refractivity contribution in [3.63, 3.8) is 0 Å². The molecule has 0 atom stereocenters. The van der Waals surface area contributed by atoms with Crippen LogP contribution in [0.25, 0.3) is 0 Å². The monoisotopic (exact) mass is 310 g/mol. The van der Waals surface area contributed by atoms with Crippen molar-refractivity contribution in [1.29, 1.82) is 0 Å². The lowest BCUT2D eigenvalue weighted by molar-refractivity contribution is 0.580. The molecule has 1 aliphatic carbocycles. The van der Waals surface area contributed by atoms with Crippen molar-refractivity contribution < 1.29 is 8.42 Å². The minimum Gasteiger partial charge on any atom is -0.355 e. The molecule has 1 saturated carbocycles. The third kappa shape index (κ3) is 5.02. The van der Waals surface area contributed by atoms with Crippen molar-refractivity contribution in [3.05, 3.63) is 29.8 Å². The summed E-state index contributed by atoms with van der Waals surface area (Å²) in [7, 11) is -1.74. The van der Waals surface area contributed by atoms with Crippen LogP contribution in [-0.2, 0) is 10.0 Å². The molecule has 0 spiro atoms. The van der Waals surface area contributed by atoms with E-state index in [1.807, 2.05) is 6.92 Å². The van der Waals surface area contributed by atoms with Crippen LogP contribution in [0, 0.1) is 6.92 Å². The molecule has 2 rings (SSSR count). The molecule has 0 aromatic heterocycles. The van der Waals surface area contributed by atoms with Gasteiger partial charge in [0.25, 0.3) is 0 Å². The summed E-state index contributed by atoms with van der Waals surface area (Å²) in [6, 6.07) is 7.31. The maximum Gasteiger partial charge on any atom is 0.240 e. The first kappa shape index (κ1) is 15.8. The highest BCUT2D eigenvalue weighted by atomic mass is 32.2. The predicted molar refractivity (Wildman–Crippen MR) is 83.9 cm³/mol. The number of hydrogen-bond donors (Lipinski definition) is 3. The number of nitrogens with one attached hydrogen (secondary N) is 3. The van der Waals surface area contributed by atoms with Crippen LogP contribution in [0.1, 0.15) is 18.4 Å². The summed E-state index contributed by atoms with van der Waals surface area (Å²) in [5.41, 5.74) is 1.03. The SMILES string of the molecule is CN=C(NCCNS(=O)(=O)c1ccc(C)cc1)NC1CC1. The third-order valence-corrected chi connectivity index (χ3v) is 4.66. The van der Waals surface area contributed by atoms with Gasteiger partial charge in [-0.1, -0.05) is 17.7 Å². The van der Waals surface area contributed by atoms with Crippen LogP contribution in [0.5, 0.6) is 0 Å². The zero-order valence-corrected chi connectivity index (χ0v) is 13.2. The number of nitrogens with zero attached hydrogens (tertiary/aromatic N) is 1. The van der Waals surface area contributed by atoms with E-state index in [9.17, 15) is 8.42 Å². The summed E-state index contributed by atoms with van der Waals surface area (Å²) in [5, 5.41) is 6.32. The van der Waals surface area contributed by atoms with Crippen LogP contribution in [0.2, 0.25) is 0 Å². The molecular weight excluding hydrogens is 288 g/mol. The maximum absolute atomic E-state index is 12.1. The topological polar surface area (TPSA) is 82.6 Å². The second kappa shape index (κ2) is 6.91. The number of benzene rings is 1. The lowest BCUT2D eigenvalue weighted by Crippen LogP contribution is -2.42. The number of aryl methyl sites for hydroxylation is 1. The molecule has 0 bridgehead atoms. The van der Waals surface area contributed by atoms with E-state index in [1.165, 1.54) is 12.8 Å². The average Bonchev–Trinajstić information content (AvgIpc) is 3.26. The summed E-state index contributed by atoms with van der Waals surface area (Å²) in [6.45, 7) is 2.71. The lowest BCUT2D eigenvalue weighted by Gasteiger charge is -2.12. The Balaban J connectivity index is 1.77. The van der Waals surface area contributed by atoms with Crippen molar-refractivity contribution in [2.24, 2.45) is 4.99 Å². The van der Waals surface area contributed by atoms with Gasteiger partial charge in [0.1, 0.15) is 0 Å². The molecule has 0 unspecified atom stereocenters. The second-order valence-electron chi connectivity index (χ2n) is 5.13. The molecule has 6 nitrogen and oxygen atoms in total. The van der Waals surface area contributed by atoms with Crippen molar-refractivity contribution in [3.8, 4) is 0 Å². The Labute approximate surface area is 126 Å². The molecular formula is C14H22N4O2S. The molecule has 21 heavy (non-hydrogen) atoms. The fourth-order valence-corrected chi connectivity index (χ4v) is 2.81. The Kier molecular flexibility index (Phi) is 5.19. The fraction of sp³-hybridized carbons (Fsp3) is 0.500. The smallest absolute Gasteiger partial charge is 0.240 e. The summed E-state index contributed by atoms with van der Waals surface area (Å²) in [5.74, 6) is 0.715. The van der Waals surface area contributed by atoms with Crippen LogP contribution in [0.4, 0.5) is 0 Å². The van der Waals surface area contributed by atoms with Crippen LogP contribution in [0.3, 0.4) is 0 Å². The van der Waals surface area contributed by atoms with E-state index in [0.717, 1.165) is 5.56 Å². The number of sulfonamides is 1. The van der Waals surface area contributed by atoms with Crippen molar-refractivity contribution in [1.82, 2.24) is 15.4 Å². The van der Waals surface area contributed by atoms with Gasteiger partial charge in [0.2, 0.25) is 10.0 Å². The molecule has 116 valence electrons. The summed E-state index contributed by atoms with van der Waals surface area (Å²) >= 11 is 0. The largest absolute Gasteiger partial charge is 0.355 e. The van der Waals surface area contributed by atoms with Gasteiger partial charge >= 0.3 is 0 Å². The van der Waals surface area contributed by atoms with E-state index < -0.39 is 10.0 Å². The van der Waals surface area contributed by atoms with Crippen LogP contribution in [0.15, 0.2) is 34.2 Å². The highest BCUT2D eigenvalue weighted by molar-refractivity contribution is 7.89. The molecule has 0 heterocycles. The van der Waals surface area contributed by atoms with Gasteiger partial charge in [-0.2, -0.15) is 0 Å². The molecule has 0 aliphatic heterocycles. The maximum atomic E-state index is 12.1. The van der Waals surface area contributed by atoms with Gasteiger partial charge in [-0.3, -0.25) is 4.99 Å². The van der Waals surface area contributed by atoms with Crippen molar-refractivity contribution in [2.75, 3.05) is 20.1 Å². The van der Waals surface area contributed by atoms with Crippen molar-refractivity contribution >= 4 is 16.0 Å². The zero-order chi connectivity index (χ0) is 15.3. The van der Waals surface area contributed by atoms with Gasteiger partial charge in [0.05, 0.1) is 4.90 Å². The first-order valence-corrected chi connectivity index (χ1v) is 8.53. The average molecular weight is 310 g/mol. The number of rotatable bonds is 6. The highest BCUT2D eigenvalue weighted by Crippen LogP contribution is 2.18. The first-order valence-electron chi connectivity index (χ1n) is 7.05. The van der Waals surface area contributed by atoms with E-state index in [0.29, 0.717) is 25.1 Å². The van der Waals surface area contributed by atoms with E-state index in [1.54, 1.807) is 31.3 Å². The molecule has 1 aromatic rings. The lowest BCUT2D eigenvalue weighted by atomic mass is 10.2. The van der Waals surface area contributed by atoms with Gasteiger partial charge in [-0.25, -0.2) is 13.1 Å². The molecule has 1 aliphatic rings. The van der Waals surface area contributed by atoms with E-state index in [4.69, 9.17) is 0 Å². The molecule has 0 radical (unpaired) electrons. The van der Waals surface area contributed by atoms with Crippen LogP contribution >= 0.6 is 0 Å². The molecule has 3 N–H and O–H groups in total. The van der Waals surface area contributed by atoms with Gasteiger partial charge in [-0.05, 0) is 31.9 Å². The summed E-state index contributed by atoms with van der Waals surface area (Å²) in [4.78, 5) is 4.37. The first-order chi connectivity index (χ1) is 10.0. The molecule has 1 fully saturated rings. The number of hydrogen-bond acceptors (Lipinski definition) is 3. The van der Waals surface area contributed by atoms with Crippen molar-refractivity contribution in [2.45, 2.75) is 30.7 Å². The molecule has 7 heteroatoms. The Morgan fingerprint density at radius 1 is 1.24 bits per heavy atom. The van der Waals surface area contributed by atoms with Gasteiger partial charge in [-0.15, -0.1) is 0 Å². The number of guanidine groups is 1. The normalized spacial score (nSPS) is 15.8. The van der Waals surface area contributed by atoms with E-state index in [-0.39, 0.29) is 4.90 Å². The minimum absolute atomic E-state index is 0.286. The Morgan fingerprint density at radius 2 is 1.90 bits per heavy atom. The fourth-order valence-electron chi connectivity index (χ4n) is 1.78. The summed E-state index contributed by atoms with van der Waals surface area (Å²) in [6.07, 6.45) is 2.33. The van der Waals surface area contributed by atoms with Gasteiger partial charge in [0, 0.05) is 26.2 Å². The molecule has 0 amide bonds. The number of aliphatic imine (C=N–C) groups is 1. The van der Waals surface area contributed by atoms with E-state index >= 15 is 0 Å². The quantitative estimate of drug-likeness (QED) is 0.408.